The maximum absolute atomic E-state index is 13.1. The first-order valence-corrected chi connectivity index (χ1v) is 12.1. The molecule has 2 rings (SSSR count). The van der Waals surface area contributed by atoms with E-state index >= 15 is 0 Å². The van der Waals surface area contributed by atoms with E-state index in [2.05, 4.69) is 10.6 Å². The molecule has 0 aromatic heterocycles. The van der Waals surface area contributed by atoms with Crippen molar-refractivity contribution < 1.29 is 42.9 Å². The van der Waals surface area contributed by atoms with E-state index in [0.29, 0.717) is 5.56 Å². The Morgan fingerprint density at radius 3 is 1.68 bits per heavy atom. The number of nitrogens with one attached hydrogen (secondary N) is 2. The van der Waals surface area contributed by atoms with Crippen LogP contribution in [0, 0.1) is 0 Å². The number of benzene rings is 2. The number of ether oxygens (including phenoxy) is 4. The largest absolute Gasteiger partial charge is 0.466 e. The number of hydrogen-bond donors (Lipinski definition) is 2. The van der Waals surface area contributed by atoms with Crippen LogP contribution in [-0.4, -0.2) is 55.2 Å². The molecule has 0 aliphatic carbocycles. The highest BCUT2D eigenvalue weighted by molar-refractivity contribution is 5.93. The Bertz CT molecular complexity index is 1000. The predicted molar refractivity (Wildman–Crippen MR) is 134 cm³/mol. The Morgan fingerprint density at radius 1 is 0.632 bits per heavy atom. The maximum atomic E-state index is 13.1. The molecule has 0 fully saturated rings. The molecular weight excluding hydrogens is 496 g/mol. The summed E-state index contributed by atoms with van der Waals surface area (Å²) in [5.74, 6) is -3.30. The molecule has 0 saturated carbocycles. The zero-order chi connectivity index (χ0) is 27.8. The molecule has 2 atom stereocenters. The standard InChI is InChI=1S/C27H32N2O9/c1-3-35-23(30)16-22(26(33)36-4-2)28-25(32)21(15-24(31)37-17-19-11-7-5-8-12-19)29-27(34)38-18-20-13-9-6-10-14-20/h5-14,21-22H,3-4,15-18H2,1-2H3,(H,28,32)(H,29,34). The fourth-order valence-electron chi connectivity index (χ4n) is 3.18. The summed E-state index contributed by atoms with van der Waals surface area (Å²) in [5.41, 5.74) is 1.44. The Balaban J connectivity index is 2.10. The Morgan fingerprint density at radius 2 is 1.13 bits per heavy atom. The van der Waals surface area contributed by atoms with Gasteiger partial charge < -0.3 is 29.6 Å². The van der Waals surface area contributed by atoms with Gasteiger partial charge in [-0.05, 0) is 25.0 Å². The molecule has 38 heavy (non-hydrogen) atoms. The molecule has 2 aromatic carbocycles. The van der Waals surface area contributed by atoms with E-state index in [0.717, 1.165) is 5.56 Å². The van der Waals surface area contributed by atoms with Crippen LogP contribution in [-0.2, 0) is 51.3 Å². The van der Waals surface area contributed by atoms with E-state index in [1.54, 1.807) is 68.4 Å². The van der Waals surface area contributed by atoms with Crippen LogP contribution < -0.4 is 10.6 Å². The third-order valence-electron chi connectivity index (χ3n) is 5.00. The number of carbonyl (C=O) groups is 5. The number of esters is 3. The summed E-state index contributed by atoms with van der Waals surface area (Å²) >= 11 is 0. The predicted octanol–water partition coefficient (Wildman–Crippen LogP) is 2.42. The third kappa shape index (κ3) is 11.1. The van der Waals surface area contributed by atoms with Gasteiger partial charge >= 0.3 is 24.0 Å². The van der Waals surface area contributed by atoms with Gasteiger partial charge in [-0.25, -0.2) is 9.59 Å². The lowest BCUT2D eigenvalue weighted by Gasteiger charge is -2.21. The maximum Gasteiger partial charge on any atom is 0.408 e. The molecule has 0 spiro atoms. The Labute approximate surface area is 220 Å². The van der Waals surface area contributed by atoms with Crippen LogP contribution in [0.3, 0.4) is 0 Å². The summed E-state index contributed by atoms with van der Waals surface area (Å²) in [7, 11) is 0. The molecule has 204 valence electrons. The highest BCUT2D eigenvalue weighted by atomic mass is 16.6. The zero-order valence-corrected chi connectivity index (χ0v) is 21.3. The van der Waals surface area contributed by atoms with Gasteiger partial charge in [0.2, 0.25) is 5.91 Å². The topological polar surface area (TPSA) is 146 Å². The fourth-order valence-corrected chi connectivity index (χ4v) is 3.18. The lowest BCUT2D eigenvalue weighted by molar-refractivity contribution is -0.153. The van der Waals surface area contributed by atoms with Gasteiger partial charge in [0.15, 0.2) is 0 Å². The van der Waals surface area contributed by atoms with Gasteiger partial charge in [-0.3, -0.25) is 14.4 Å². The molecule has 0 aliphatic rings. The van der Waals surface area contributed by atoms with Crippen LogP contribution in [0.25, 0.3) is 0 Å². The van der Waals surface area contributed by atoms with Crippen LogP contribution in [0.15, 0.2) is 60.7 Å². The fraction of sp³-hybridized carbons (Fsp3) is 0.370. The molecule has 11 nitrogen and oxygen atoms in total. The number of amides is 2. The van der Waals surface area contributed by atoms with Crippen molar-refractivity contribution >= 4 is 29.9 Å². The van der Waals surface area contributed by atoms with Gasteiger partial charge in [-0.2, -0.15) is 0 Å². The van der Waals surface area contributed by atoms with Crippen molar-refractivity contribution in [2.45, 2.75) is 52.0 Å². The minimum atomic E-state index is -1.47. The van der Waals surface area contributed by atoms with Gasteiger partial charge in [-0.15, -0.1) is 0 Å². The molecule has 0 heterocycles. The van der Waals surface area contributed by atoms with Crippen molar-refractivity contribution in [1.82, 2.24) is 10.6 Å². The smallest absolute Gasteiger partial charge is 0.408 e. The minimum Gasteiger partial charge on any atom is -0.466 e. The van der Waals surface area contributed by atoms with Gasteiger partial charge in [0, 0.05) is 0 Å². The first-order valence-electron chi connectivity index (χ1n) is 12.1. The van der Waals surface area contributed by atoms with Gasteiger partial charge in [-0.1, -0.05) is 60.7 Å². The van der Waals surface area contributed by atoms with Gasteiger partial charge in [0.1, 0.15) is 25.3 Å². The average molecular weight is 529 g/mol. The SMILES string of the molecule is CCOC(=O)CC(NC(=O)C(CC(=O)OCc1ccccc1)NC(=O)OCc1ccccc1)C(=O)OCC. The summed E-state index contributed by atoms with van der Waals surface area (Å²) in [6.07, 6.45) is -2.03. The van der Waals surface area contributed by atoms with Gasteiger partial charge in [0.25, 0.3) is 0 Å². The Kier molecular flexibility index (Phi) is 12.8. The molecule has 11 heteroatoms. The van der Waals surface area contributed by atoms with E-state index < -0.39 is 54.8 Å². The molecule has 0 saturated heterocycles. The summed E-state index contributed by atoms with van der Waals surface area (Å²) < 4.78 is 20.2. The lowest BCUT2D eigenvalue weighted by atomic mass is 10.1. The molecule has 2 N–H and O–H groups in total. The third-order valence-corrected chi connectivity index (χ3v) is 5.00. The van der Waals surface area contributed by atoms with E-state index in [-0.39, 0.29) is 26.4 Å². The quantitative estimate of drug-likeness (QED) is 0.279. The molecule has 0 radical (unpaired) electrons. The Hall–Kier alpha value is -4.41. The van der Waals surface area contributed by atoms with Crippen molar-refractivity contribution in [2.24, 2.45) is 0 Å². The second-order valence-electron chi connectivity index (χ2n) is 7.93. The average Bonchev–Trinajstić information content (AvgIpc) is 2.91. The second-order valence-corrected chi connectivity index (χ2v) is 7.93. The van der Waals surface area contributed by atoms with Crippen molar-refractivity contribution in [3.8, 4) is 0 Å². The van der Waals surface area contributed by atoms with Gasteiger partial charge in [0.05, 0.1) is 26.1 Å². The number of hydrogen-bond acceptors (Lipinski definition) is 9. The summed E-state index contributed by atoms with van der Waals surface area (Å²) in [6.45, 7) is 3.13. The van der Waals surface area contributed by atoms with E-state index in [1.165, 1.54) is 0 Å². The van der Waals surface area contributed by atoms with Crippen LogP contribution in [0.4, 0.5) is 4.79 Å². The van der Waals surface area contributed by atoms with E-state index in [4.69, 9.17) is 18.9 Å². The monoisotopic (exact) mass is 528 g/mol. The summed E-state index contributed by atoms with van der Waals surface area (Å²) in [4.78, 5) is 62.4. The van der Waals surface area contributed by atoms with Crippen molar-refractivity contribution in [3.63, 3.8) is 0 Å². The van der Waals surface area contributed by atoms with Crippen LogP contribution in [0.5, 0.6) is 0 Å². The number of carbonyl (C=O) groups excluding carboxylic acids is 5. The summed E-state index contributed by atoms with van der Waals surface area (Å²) in [6, 6.07) is 14.9. The first-order chi connectivity index (χ1) is 18.3. The van der Waals surface area contributed by atoms with Crippen LogP contribution >= 0.6 is 0 Å². The van der Waals surface area contributed by atoms with Crippen molar-refractivity contribution in [2.75, 3.05) is 13.2 Å². The molecule has 0 bridgehead atoms. The van der Waals surface area contributed by atoms with E-state index in [9.17, 15) is 24.0 Å². The summed E-state index contributed by atoms with van der Waals surface area (Å²) in [5, 5.41) is 4.69. The van der Waals surface area contributed by atoms with Crippen molar-refractivity contribution in [1.29, 1.82) is 0 Å². The van der Waals surface area contributed by atoms with E-state index in [1.807, 2.05) is 6.07 Å². The minimum absolute atomic E-state index is 0.00727. The van der Waals surface area contributed by atoms with Crippen LogP contribution in [0.1, 0.15) is 37.8 Å². The second kappa shape index (κ2) is 16.4. The first kappa shape index (κ1) is 29.8. The normalized spacial score (nSPS) is 11.8. The lowest BCUT2D eigenvalue weighted by Crippen LogP contribution is -2.53. The molecular formula is C27H32N2O9. The number of rotatable bonds is 14. The zero-order valence-electron chi connectivity index (χ0n) is 21.3. The van der Waals surface area contributed by atoms with Crippen LogP contribution in [0.2, 0.25) is 0 Å². The highest BCUT2D eigenvalue weighted by Crippen LogP contribution is 2.07. The molecule has 0 aliphatic heterocycles. The number of alkyl carbamates (subject to hydrolysis) is 1. The molecule has 2 amide bonds. The highest BCUT2D eigenvalue weighted by Gasteiger charge is 2.31. The molecule has 2 aromatic rings. The molecule has 2 unspecified atom stereocenters. The van der Waals surface area contributed by atoms with Crippen molar-refractivity contribution in [3.05, 3.63) is 71.8 Å².